The number of likely N-dealkylation sites (N-methyl/N-ethyl adjacent to an activating group) is 1. The van der Waals surface area contributed by atoms with Crippen LogP contribution >= 0.6 is 0 Å². The van der Waals surface area contributed by atoms with Crippen molar-refractivity contribution in [3.05, 3.63) is 23.7 Å². The highest BCUT2D eigenvalue weighted by atomic mass is 16.2. The van der Waals surface area contributed by atoms with Gasteiger partial charge in [-0.25, -0.2) is 15.0 Å². The van der Waals surface area contributed by atoms with Crippen LogP contribution in [0.5, 0.6) is 0 Å². The molecule has 2 fully saturated rings. The van der Waals surface area contributed by atoms with Crippen molar-refractivity contribution in [3.8, 4) is 0 Å². The third-order valence-electron chi connectivity index (χ3n) is 6.28. The minimum atomic E-state index is 0.0719. The summed E-state index contributed by atoms with van der Waals surface area (Å²) in [6, 6.07) is 2.09. The molecular weight excluding hydrogens is 364 g/mol. The number of rotatable bonds is 4. The SMILES string of the molecule is CCc1nc2cc(N3CCCC(C(=O)N4CCN(C)CC4)C3)cnc2nc1CC. The number of anilines is 1. The smallest absolute Gasteiger partial charge is 0.227 e. The topological polar surface area (TPSA) is 65.5 Å². The van der Waals surface area contributed by atoms with Crippen molar-refractivity contribution in [1.82, 2.24) is 24.8 Å². The zero-order chi connectivity index (χ0) is 20.4. The summed E-state index contributed by atoms with van der Waals surface area (Å²) < 4.78 is 0. The highest BCUT2D eigenvalue weighted by Gasteiger charge is 2.31. The molecule has 0 radical (unpaired) electrons. The number of carbonyl (C=O) groups excluding carboxylic acids is 1. The van der Waals surface area contributed by atoms with Gasteiger partial charge in [0.15, 0.2) is 5.65 Å². The first-order valence-corrected chi connectivity index (χ1v) is 11.0. The van der Waals surface area contributed by atoms with Crippen LogP contribution in [0.1, 0.15) is 38.1 Å². The van der Waals surface area contributed by atoms with E-state index in [4.69, 9.17) is 9.97 Å². The number of fused-ring (bicyclic) bond motifs is 1. The molecule has 2 aliphatic rings. The summed E-state index contributed by atoms with van der Waals surface area (Å²) in [5.74, 6) is 0.389. The summed E-state index contributed by atoms with van der Waals surface area (Å²) in [5.41, 5.74) is 4.71. The summed E-state index contributed by atoms with van der Waals surface area (Å²) in [7, 11) is 2.12. The number of amides is 1. The van der Waals surface area contributed by atoms with Crippen molar-refractivity contribution in [2.45, 2.75) is 39.5 Å². The molecule has 0 N–H and O–H groups in total. The van der Waals surface area contributed by atoms with Gasteiger partial charge < -0.3 is 14.7 Å². The summed E-state index contributed by atoms with van der Waals surface area (Å²) in [4.78, 5) is 33.8. The van der Waals surface area contributed by atoms with Gasteiger partial charge in [0, 0.05) is 39.3 Å². The predicted octanol–water partition coefficient (Wildman–Crippen LogP) is 2.14. The Hall–Kier alpha value is -2.28. The molecule has 1 amide bonds. The second kappa shape index (κ2) is 8.61. The molecule has 29 heavy (non-hydrogen) atoms. The molecule has 7 heteroatoms. The summed E-state index contributed by atoms with van der Waals surface area (Å²) in [6.45, 7) is 9.57. The lowest BCUT2D eigenvalue weighted by atomic mass is 9.95. The first-order valence-electron chi connectivity index (χ1n) is 11.0. The Labute approximate surface area is 173 Å². The normalized spacial score (nSPS) is 21.0. The van der Waals surface area contributed by atoms with Crippen molar-refractivity contribution in [1.29, 1.82) is 0 Å². The zero-order valence-corrected chi connectivity index (χ0v) is 17.9. The van der Waals surface area contributed by atoms with Crippen molar-refractivity contribution in [3.63, 3.8) is 0 Å². The maximum absolute atomic E-state index is 13.0. The van der Waals surface area contributed by atoms with E-state index in [9.17, 15) is 4.79 Å². The summed E-state index contributed by atoms with van der Waals surface area (Å²) >= 11 is 0. The van der Waals surface area contributed by atoms with E-state index in [0.29, 0.717) is 11.6 Å². The van der Waals surface area contributed by atoms with Crippen LogP contribution in [0.25, 0.3) is 11.2 Å². The highest BCUT2D eigenvalue weighted by molar-refractivity contribution is 5.80. The van der Waals surface area contributed by atoms with Gasteiger partial charge in [0.05, 0.1) is 29.2 Å². The molecular formula is C22H32N6O. The Kier molecular flexibility index (Phi) is 5.94. The molecule has 2 aliphatic heterocycles. The average Bonchev–Trinajstić information content (AvgIpc) is 2.77. The van der Waals surface area contributed by atoms with E-state index >= 15 is 0 Å². The van der Waals surface area contributed by atoms with Gasteiger partial charge in [-0.1, -0.05) is 13.8 Å². The lowest BCUT2D eigenvalue weighted by molar-refractivity contribution is -0.137. The maximum atomic E-state index is 13.0. The fourth-order valence-electron chi connectivity index (χ4n) is 4.44. The molecule has 0 aliphatic carbocycles. The molecule has 0 spiro atoms. The molecule has 156 valence electrons. The zero-order valence-electron chi connectivity index (χ0n) is 17.9. The standard InChI is InChI=1S/C22H32N6O/c1-4-18-19(5-2)25-21-20(24-18)13-17(14-23-21)28-8-6-7-16(15-28)22(29)27-11-9-26(3)10-12-27/h13-14,16H,4-12,15H2,1-3H3. The number of piperazine rings is 1. The van der Waals surface area contributed by atoms with Crippen LogP contribution in [-0.2, 0) is 17.6 Å². The Balaban J connectivity index is 1.51. The number of hydrogen-bond donors (Lipinski definition) is 0. The van der Waals surface area contributed by atoms with E-state index in [-0.39, 0.29) is 5.92 Å². The lowest BCUT2D eigenvalue weighted by Gasteiger charge is -2.38. The van der Waals surface area contributed by atoms with Crippen LogP contribution in [-0.4, -0.2) is 77.0 Å². The first kappa shape index (κ1) is 20.0. The first-order chi connectivity index (χ1) is 14.1. The summed E-state index contributed by atoms with van der Waals surface area (Å²) in [5, 5.41) is 0. The molecule has 2 aromatic heterocycles. The number of hydrogen-bond acceptors (Lipinski definition) is 6. The van der Waals surface area contributed by atoms with Crippen molar-refractivity contribution in [2.75, 3.05) is 51.2 Å². The van der Waals surface area contributed by atoms with Gasteiger partial charge in [-0.3, -0.25) is 4.79 Å². The lowest BCUT2D eigenvalue weighted by Crippen LogP contribution is -2.51. The number of pyridine rings is 1. The number of aryl methyl sites for hydroxylation is 2. The van der Waals surface area contributed by atoms with E-state index in [0.717, 1.165) is 87.5 Å². The van der Waals surface area contributed by atoms with Crippen LogP contribution in [0.4, 0.5) is 5.69 Å². The molecule has 2 aromatic rings. The molecule has 2 saturated heterocycles. The molecule has 4 heterocycles. The molecule has 7 nitrogen and oxygen atoms in total. The van der Waals surface area contributed by atoms with Gasteiger partial charge in [0.2, 0.25) is 5.91 Å². The Bertz CT molecular complexity index is 877. The Morgan fingerprint density at radius 3 is 2.52 bits per heavy atom. The predicted molar refractivity (Wildman–Crippen MR) is 115 cm³/mol. The van der Waals surface area contributed by atoms with Crippen LogP contribution in [0.3, 0.4) is 0 Å². The minimum Gasteiger partial charge on any atom is -0.369 e. The third kappa shape index (κ3) is 4.20. The van der Waals surface area contributed by atoms with Crippen molar-refractivity contribution in [2.24, 2.45) is 5.92 Å². The van der Waals surface area contributed by atoms with Crippen molar-refractivity contribution >= 4 is 22.8 Å². The van der Waals surface area contributed by atoms with Crippen LogP contribution < -0.4 is 4.90 Å². The van der Waals surface area contributed by atoms with Gasteiger partial charge >= 0.3 is 0 Å². The van der Waals surface area contributed by atoms with Gasteiger partial charge in [0.25, 0.3) is 0 Å². The van der Waals surface area contributed by atoms with E-state index in [1.165, 1.54) is 0 Å². The number of carbonyl (C=O) groups is 1. The molecule has 0 saturated carbocycles. The van der Waals surface area contributed by atoms with Gasteiger partial charge in [-0.05, 0) is 38.8 Å². The van der Waals surface area contributed by atoms with E-state index in [1.807, 2.05) is 6.20 Å². The third-order valence-corrected chi connectivity index (χ3v) is 6.28. The maximum Gasteiger partial charge on any atom is 0.227 e. The van der Waals surface area contributed by atoms with Crippen LogP contribution in [0.2, 0.25) is 0 Å². The Morgan fingerprint density at radius 2 is 1.79 bits per heavy atom. The fraction of sp³-hybridized carbons (Fsp3) is 0.636. The van der Waals surface area contributed by atoms with Gasteiger partial charge in [0.1, 0.15) is 5.52 Å². The fourth-order valence-corrected chi connectivity index (χ4v) is 4.44. The second-order valence-electron chi connectivity index (χ2n) is 8.27. The molecule has 1 unspecified atom stereocenters. The summed E-state index contributed by atoms with van der Waals surface area (Å²) in [6.07, 6.45) is 5.65. The molecule has 1 atom stereocenters. The Morgan fingerprint density at radius 1 is 1.07 bits per heavy atom. The quantitative estimate of drug-likeness (QED) is 0.789. The number of nitrogens with zero attached hydrogens (tertiary/aromatic N) is 6. The second-order valence-corrected chi connectivity index (χ2v) is 8.27. The highest BCUT2D eigenvalue weighted by Crippen LogP contribution is 2.26. The van der Waals surface area contributed by atoms with E-state index < -0.39 is 0 Å². The minimum absolute atomic E-state index is 0.0719. The van der Waals surface area contributed by atoms with Crippen LogP contribution in [0, 0.1) is 5.92 Å². The van der Waals surface area contributed by atoms with Gasteiger partial charge in [-0.15, -0.1) is 0 Å². The monoisotopic (exact) mass is 396 g/mol. The number of aromatic nitrogens is 3. The van der Waals surface area contributed by atoms with Crippen molar-refractivity contribution < 1.29 is 4.79 Å². The largest absolute Gasteiger partial charge is 0.369 e. The average molecular weight is 397 g/mol. The number of piperidine rings is 1. The molecule has 0 bridgehead atoms. The van der Waals surface area contributed by atoms with Crippen LogP contribution in [0.15, 0.2) is 12.3 Å². The van der Waals surface area contributed by atoms with Gasteiger partial charge in [-0.2, -0.15) is 0 Å². The molecule has 4 rings (SSSR count). The molecule has 0 aromatic carbocycles. The van der Waals surface area contributed by atoms with E-state index in [2.05, 4.69) is 46.6 Å². The van der Waals surface area contributed by atoms with E-state index in [1.54, 1.807) is 0 Å².